The van der Waals surface area contributed by atoms with Crippen molar-refractivity contribution in [2.75, 3.05) is 13.2 Å². The molecule has 0 saturated carbocycles. The van der Waals surface area contributed by atoms with E-state index in [1.54, 1.807) is 17.3 Å². The number of rotatable bonds is 1. The van der Waals surface area contributed by atoms with Gasteiger partial charge >= 0.3 is 0 Å². The highest BCUT2D eigenvalue weighted by molar-refractivity contribution is 7.13. The van der Waals surface area contributed by atoms with E-state index in [1.165, 1.54) is 11.5 Å². The summed E-state index contributed by atoms with van der Waals surface area (Å²) in [7, 11) is 0. The van der Waals surface area contributed by atoms with Crippen molar-refractivity contribution in [2.24, 2.45) is 0 Å². The van der Waals surface area contributed by atoms with Crippen molar-refractivity contribution in [1.29, 1.82) is 0 Å². The minimum Gasteiger partial charge on any atom is -0.491 e. The highest BCUT2D eigenvalue weighted by atomic mass is 32.1. The van der Waals surface area contributed by atoms with E-state index < -0.39 is 0 Å². The van der Waals surface area contributed by atoms with Crippen LogP contribution in [0.1, 0.15) is 16.1 Å². The maximum absolute atomic E-state index is 12.8. The van der Waals surface area contributed by atoms with Crippen LogP contribution in [0.4, 0.5) is 0 Å². The van der Waals surface area contributed by atoms with Crippen LogP contribution in [0, 0.1) is 0 Å². The minimum atomic E-state index is -0.0576. The number of pyridine rings is 1. The molecule has 110 valence electrons. The van der Waals surface area contributed by atoms with E-state index in [9.17, 15) is 4.79 Å². The molecule has 1 amide bonds. The number of carbonyl (C=O) groups excluding carboxylic acids is 1. The van der Waals surface area contributed by atoms with Gasteiger partial charge < -0.3 is 9.64 Å². The Kier molecular flexibility index (Phi) is 3.23. The summed E-state index contributed by atoms with van der Waals surface area (Å²) in [6.07, 6.45) is 3.45. The number of ether oxygens (including phenoxy) is 1. The van der Waals surface area contributed by atoms with Gasteiger partial charge in [-0.2, -0.15) is 4.37 Å². The van der Waals surface area contributed by atoms with E-state index in [-0.39, 0.29) is 5.91 Å². The van der Waals surface area contributed by atoms with Gasteiger partial charge in [0, 0.05) is 23.3 Å². The van der Waals surface area contributed by atoms with E-state index in [0.717, 1.165) is 21.4 Å². The van der Waals surface area contributed by atoms with Gasteiger partial charge in [-0.15, -0.1) is 0 Å². The van der Waals surface area contributed by atoms with E-state index in [2.05, 4.69) is 9.36 Å². The van der Waals surface area contributed by atoms with Crippen LogP contribution >= 0.6 is 11.5 Å². The van der Waals surface area contributed by atoms with Crippen LogP contribution in [0.15, 0.2) is 42.7 Å². The molecular weight excluding hydrogens is 298 g/mol. The molecule has 1 aliphatic rings. The zero-order chi connectivity index (χ0) is 14.9. The van der Waals surface area contributed by atoms with Gasteiger partial charge in [-0.3, -0.25) is 9.78 Å². The average Bonchev–Trinajstić information content (AvgIpc) is 2.86. The van der Waals surface area contributed by atoms with Gasteiger partial charge in [0.2, 0.25) is 0 Å². The number of amides is 1. The molecule has 5 nitrogen and oxygen atoms in total. The Morgan fingerprint density at radius 2 is 2.18 bits per heavy atom. The van der Waals surface area contributed by atoms with Crippen LogP contribution in [0.5, 0.6) is 5.75 Å². The SMILES string of the molecule is O=C(c1nsc2ccccc12)N1CCOc2ccncc2C1. The molecule has 0 aliphatic carbocycles. The van der Waals surface area contributed by atoms with Gasteiger partial charge in [0.15, 0.2) is 0 Å². The summed E-state index contributed by atoms with van der Waals surface area (Å²) >= 11 is 1.36. The van der Waals surface area contributed by atoms with Gasteiger partial charge in [-0.25, -0.2) is 0 Å². The molecule has 0 spiro atoms. The van der Waals surface area contributed by atoms with E-state index >= 15 is 0 Å². The Balaban J connectivity index is 1.68. The van der Waals surface area contributed by atoms with E-state index in [4.69, 9.17) is 4.74 Å². The number of hydrogen-bond acceptors (Lipinski definition) is 5. The van der Waals surface area contributed by atoms with E-state index in [0.29, 0.717) is 25.4 Å². The molecular formula is C16H13N3O2S. The Morgan fingerprint density at radius 3 is 3.14 bits per heavy atom. The lowest BCUT2D eigenvalue weighted by molar-refractivity contribution is 0.0730. The van der Waals surface area contributed by atoms with Crippen molar-refractivity contribution < 1.29 is 9.53 Å². The second-order valence-electron chi connectivity index (χ2n) is 5.09. The van der Waals surface area contributed by atoms with Crippen LogP contribution < -0.4 is 4.74 Å². The summed E-state index contributed by atoms with van der Waals surface area (Å²) in [6.45, 7) is 1.51. The molecule has 0 saturated heterocycles. The normalized spacial score (nSPS) is 14.3. The molecule has 0 atom stereocenters. The highest BCUT2D eigenvalue weighted by Crippen LogP contribution is 2.26. The van der Waals surface area contributed by atoms with E-state index in [1.807, 2.05) is 30.3 Å². The van der Waals surface area contributed by atoms with Crippen LogP contribution in [0.25, 0.3) is 10.1 Å². The molecule has 6 heteroatoms. The summed E-state index contributed by atoms with van der Waals surface area (Å²) in [5.74, 6) is 0.742. The third-order valence-corrected chi connectivity index (χ3v) is 4.53. The fourth-order valence-electron chi connectivity index (χ4n) is 2.59. The first-order valence-electron chi connectivity index (χ1n) is 7.02. The quantitative estimate of drug-likeness (QED) is 0.693. The molecule has 4 rings (SSSR count). The van der Waals surface area contributed by atoms with Crippen molar-refractivity contribution in [3.63, 3.8) is 0 Å². The van der Waals surface area contributed by atoms with Gasteiger partial charge in [0.1, 0.15) is 18.1 Å². The van der Waals surface area contributed by atoms with Crippen LogP contribution in [0.3, 0.4) is 0 Å². The Bertz CT molecular complexity index is 846. The van der Waals surface area contributed by atoms with Crippen molar-refractivity contribution in [1.82, 2.24) is 14.3 Å². The van der Waals surface area contributed by atoms with Gasteiger partial charge in [0.25, 0.3) is 5.91 Å². The zero-order valence-corrected chi connectivity index (χ0v) is 12.5. The number of hydrogen-bond donors (Lipinski definition) is 0. The molecule has 0 bridgehead atoms. The van der Waals surface area contributed by atoms with Gasteiger partial charge in [0.05, 0.1) is 17.8 Å². The Hall–Kier alpha value is -2.47. The predicted octanol–water partition coefficient (Wildman–Crippen LogP) is 2.73. The van der Waals surface area contributed by atoms with Crippen molar-refractivity contribution in [3.8, 4) is 5.75 Å². The Labute approximate surface area is 131 Å². The van der Waals surface area contributed by atoms with Crippen LogP contribution in [0.2, 0.25) is 0 Å². The summed E-state index contributed by atoms with van der Waals surface area (Å²) in [6, 6.07) is 9.64. The second-order valence-corrected chi connectivity index (χ2v) is 5.89. The molecule has 1 aromatic carbocycles. The molecule has 0 radical (unpaired) electrons. The fraction of sp³-hybridized carbons (Fsp3) is 0.188. The fourth-order valence-corrected chi connectivity index (χ4v) is 3.36. The zero-order valence-electron chi connectivity index (χ0n) is 11.7. The minimum absolute atomic E-state index is 0.0576. The molecule has 3 aromatic rings. The first-order chi connectivity index (χ1) is 10.8. The average molecular weight is 311 g/mol. The maximum atomic E-state index is 12.8. The summed E-state index contributed by atoms with van der Waals surface area (Å²) < 4.78 is 11.1. The third-order valence-electron chi connectivity index (χ3n) is 3.71. The largest absolute Gasteiger partial charge is 0.491 e. The lowest BCUT2D eigenvalue weighted by atomic mass is 10.2. The van der Waals surface area contributed by atoms with Crippen LogP contribution in [-0.4, -0.2) is 33.3 Å². The first-order valence-corrected chi connectivity index (χ1v) is 7.79. The monoisotopic (exact) mass is 311 g/mol. The molecule has 1 aliphatic heterocycles. The summed E-state index contributed by atoms with van der Waals surface area (Å²) in [4.78, 5) is 18.7. The molecule has 0 fully saturated rings. The number of fused-ring (bicyclic) bond motifs is 2. The topological polar surface area (TPSA) is 55.3 Å². The van der Waals surface area contributed by atoms with Crippen molar-refractivity contribution in [2.45, 2.75) is 6.54 Å². The smallest absolute Gasteiger partial charge is 0.274 e. The summed E-state index contributed by atoms with van der Waals surface area (Å²) in [5, 5.41) is 0.911. The molecule has 22 heavy (non-hydrogen) atoms. The van der Waals surface area contributed by atoms with Crippen LogP contribution in [-0.2, 0) is 6.54 Å². The van der Waals surface area contributed by atoms with Crippen molar-refractivity contribution >= 4 is 27.5 Å². The maximum Gasteiger partial charge on any atom is 0.274 e. The molecule has 0 N–H and O–H groups in total. The molecule has 0 unspecified atom stereocenters. The lowest BCUT2D eigenvalue weighted by Crippen LogP contribution is -2.32. The standard InChI is InChI=1S/C16H13N3O2S/c20-16(15-12-3-1-2-4-14(12)22-18-15)19-7-8-21-13-5-6-17-9-11(13)10-19/h1-6,9H,7-8,10H2. The predicted molar refractivity (Wildman–Crippen MR) is 84.1 cm³/mol. The molecule has 2 aromatic heterocycles. The first kappa shape index (κ1) is 13.2. The second kappa shape index (κ2) is 5.38. The number of nitrogens with zero attached hydrogens (tertiary/aromatic N) is 3. The number of benzene rings is 1. The molecule has 3 heterocycles. The summed E-state index contributed by atoms with van der Waals surface area (Å²) in [5.41, 5.74) is 1.45. The van der Waals surface area contributed by atoms with Gasteiger partial charge in [-0.05, 0) is 23.7 Å². The lowest BCUT2D eigenvalue weighted by Gasteiger charge is -2.18. The number of carbonyl (C=O) groups is 1. The van der Waals surface area contributed by atoms with Gasteiger partial charge in [-0.1, -0.05) is 18.2 Å². The number of aromatic nitrogens is 2. The third kappa shape index (κ3) is 2.21. The van der Waals surface area contributed by atoms with Crippen molar-refractivity contribution in [3.05, 3.63) is 54.0 Å². The Morgan fingerprint density at radius 1 is 1.27 bits per heavy atom. The highest BCUT2D eigenvalue weighted by Gasteiger charge is 2.24.